The third-order valence-corrected chi connectivity index (χ3v) is 5.22. The largest absolute Gasteiger partial charge is 1.00 e. The number of rotatable bonds is 3. The highest BCUT2D eigenvalue weighted by Gasteiger charge is 2.49. The Morgan fingerprint density at radius 3 is 2.12 bits per heavy atom. The van der Waals surface area contributed by atoms with Gasteiger partial charge in [-0.2, -0.15) is 4.98 Å². The van der Waals surface area contributed by atoms with E-state index in [0.717, 1.165) is 27.9 Å². The zero-order valence-corrected chi connectivity index (χ0v) is 16.2. The first-order chi connectivity index (χ1) is 11.7. The molecule has 1 aromatic heterocycles. The number of para-hydroxylation sites is 1. The van der Waals surface area contributed by atoms with Gasteiger partial charge < -0.3 is 17.0 Å². The maximum Gasteiger partial charge on any atom is 0.327 e. The minimum atomic E-state index is 0. The normalized spacial score (nSPS) is 18.7. The topological polar surface area (TPSA) is 50.0 Å². The molecule has 0 saturated carbocycles. The Morgan fingerprint density at radius 1 is 0.880 bits per heavy atom. The molecule has 0 radical (unpaired) electrons. The number of quaternary nitrogens is 1. The molecule has 126 valence electrons. The average molecular weight is 414 g/mol. The lowest BCUT2D eigenvalue weighted by Crippen LogP contribution is -3.00. The Hall–Kier alpha value is -2.22. The fraction of sp³-hybridized carbons (Fsp3) is 0.111. The average Bonchev–Trinajstić information content (AvgIpc) is 3.21. The standard InChI is InChI=1S/C18H16N5S.BrH/c1-13-14(2)24-18(19-13)23(16-11-7-4-8-12-16)17(20-21-22-23)15-9-5-3-6-10-15;/h3-12H,1-2H3;1H/q+1;/p-1. The van der Waals surface area contributed by atoms with Crippen LogP contribution in [0.15, 0.2) is 76.2 Å². The maximum atomic E-state index is 4.77. The first-order valence-corrected chi connectivity index (χ1v) is 8.49. The van der Waals surface area contributed by atoms with E-state index in [9.17, 15) is 0 Å². The number of hydrogen-bond donors (Lipinski definition) is 0. The molecule has 7 heteroatoms. The zero-order valence-electron chi connectivity index (χ0n) is 13.8. The monoisotopic (exact) mass is 413 g/mol. The Balaban J connectivity index is 0.00000182. The molecule has 1 aliphatic rings. The van der Waals surface area contributed by atoms with Gasteiger partial charge in [-0.3, -0.25) is 0 Å². The van der Waals surface area contributed by atoms with E-state index in [1.807, 2.05) is 67.6 Å². The minimum absolute atomic E-state index is 0. The van der Waals surface area contributed by atoms with Crippen molar-refractivity contribution in [3.8, 4) is 0 Å². The lowest BCUT2D eigenvalue weighted by atomic mass is 10.1. The van der Waals surface area contributed by atoms with Crippen LogP contribution >= 0.6 is 11.3 Å². The van der Waals surface area contributed by atoms with Gasteiger partial charge in [0, 0.05) is 22.2 Å². The van der Waals surface area contributed by atoms with Crippen LogP contribution in [0, 0.1) is 13.8 Å². The summed E-state index contributed by atoms with van der Waals surface area (Å²) in [6.45, 7) is 4.09. The Morgan fingerprint density at radius 2 is 1.52 bits per heavy atom. The molecule has 0 N–H and O–H groups in total. The predicted molar refractivity (Wildman–Crippen MR) is 97.3 cm³/mol. The van der Waals surface area contributed by atoms with E-state index in [1.54, 1.807) is 11.3 Å². The van der Waals surface area contributed by atoms with Gasteiger partial charge in [0.1, 0.15) is 0 Å². The number of amidine groups is 1. The third kappa shape index (κ3) is 2.84. The molecular formula is C18H16BrN5S. The Kier molecular flexibility index (Phi) is 4.89. The number of nitrogens with zero attached hydrogens (tertiary/aromatic N) is 5. The van der Waals surface area contributed by atoms with Gasteiger partial charge in [0.15, 0.2) is 5.69 Å². The van der Waals surface area contributed by atoms with Crippen LogP contribution < -0.4 is 21.6 Å². The van der Waals surface area contributed by atoms with E-state index in [4.69, 9.17) is 4.98 Å². The van der Waals surface area contributed by atoms with Gasteiger partial charge in [-0.05, 0) is 30.6 Å². The summed E-state index contributed by atoms with van der Waals surface area (Å²) >= 11 is 1.63. The van der Waals surface area contributed by atoms with E-state index in [2.05, 4.69) is 22.5 Å². The molecule has 2 aromatic carbocycles. The van der Waals surface area contributed by atoms with E-state index in [0.29, 0.717) is 0 Å². The Bertz CT molecular complexity index is 917. The lowest BCUT2D eigenvalue weighted by molar-refractivity contribution is -0.00000492. The fourth-order valence-electron chi connectivity index (χ4n) is 2.71. The van der Waals surface area contributed by atoms with Gasteiger partial charge in [0.2, 0.25) is 0 Å². The molecule has 4 rings (SSSR count). The van der Waals surface area contributed by atoms with E-state index in [1.165, 1.54) is 4.88 Å². The molecule has 0 spiro atoms. The molecule has 25 heavy (non-hydrogen) atoms. The molecule has 1 aliphatic heterocycles. The highest BCUT2D eigenvalue weighted by atomic mass is 79.9. The highest BCUT2D eigenvalue weighted by Crippen LogP contribution is 2.43. The Labute approximate surface area is 160 Å². The van der Waals surface area contributed by atoms with Crippen LogP contribution in [0.3, 0.4) is 0 Å². The molecule has 2 heterocycles. The van der Waals surface area contributed by atoms with Crippen molar-refractivity contribution in [3.63, 3.8) is 0 Å². The molecule has 0 bridgehead atoms. The van der Waals surface area contributed by atoms with Gasteiger partial charge >= 0.3 is 5.13 Å². The molecule has 0 fully saturated rings. The molecule has 1 atom stereocenters. The highest BCUT2D eigenvalue weighted by molar-refractivity contribution is 7.15. The minimum Gasteiger partial charge on any atom is -1.00 e. The van der Waals surface area contributed by atoms with Crippen LogP contribution in [0.4, 0.5) is 10.8 Å². The molecule has 0 aliphatic carbocycles. The van der Waals surface area contributed by atoms with E-state index < -0.39 is 0 Å². The predicted octanol–water partition coefficient (Wildman–Crippen LogP) is 2.15. The van der Waals surface area contributed by atoms with Crippen molar-refractivity contribution in [2.75, 3.05) is 0 Å². The van der Waals surface area contributed by atoms with Crippen molar-refractivity contribution >= 4 is 28.0 Å². The van der Waals surface area contributed by atoms with Crippen molar-refractivity contribution in [2.24, 2.45) is 15.5 Å². The zero-order chi connectivity index (χ0) is 16.6. The van der Waals surface area contributed by atoms with Crippen LogP contribution in [-0.2, 0) is 0 Å². The first kappa shape index (κ1) is 17.6. The van der Waals surface area contributed by atoms with Gasteiger partial charge in [-0.25, -0.2) is 0 Å². The maximum absolute atomic E-state index is 4.77. The summed E-state index contributed by atoms with van der Waals surface area (Å²) in [5.41, 5.74) is 2.96. The molecule has 1 unspecified atom stereocenters. The second kappa shape index (κ2) is 6.95. The van der Waals surface area contributed by atoms with Crippen molar-refractivity contribution in [1.82, 2.24) is 9.58 Å². The lowest BCUT2D eigenvalue weighted by Gasteiger charge is -2.23. The summed E-state index contributed by atoms with van der Waals surface area (Å²) in [7, 11) is 0. The van der Waals surface area contributed by atoms with Crippen molar-refractivity contribution in [1.29, 1.82) is 0 Å². The third-order valence-electron chi connectivity index (χ3n) is 4.08. The van der Waals surface area contributed by atoms with E-state index >= 15 is 0 Å². The number of aromatic nitrogens is 1. The van der Waals surface area contributed by atoms with E-state index in [-0.39, 0.29) is 21.6 Å². The summed E-state index contributed by atoms with van der Waals surface area (Å²) in [4.78, 5) is 5.95. The molecule has 3 aromatic rings. The van der Waals surface area contributed by atoms with Crippen LogP contribution in [0.1, 0.15) is 16.1 Å². The van der Waals surface area contributed by atoms with Crippen molar-refractivity contribution in [2.45, 2.75) is 13.8 Å². The number of hydrogen-bond acceptors (Lipinski definition) is 5. The molecule has 5 nitrogen and oxygen atoms in total. The molecule has 0 saturated heterocycles. The van der Waals surface area contributed by atoms with Crippen LogP contribution in [-0.4, -0.2) is 10.8 Å². The number of halogens is 1. The number of thiazole rings is 1. The van der Waals surface area contributed by atoms with Crippen molar-refractivity contribution < 1.29 is 17.0 Å². The summed E-state index contributed by atoms with van der Waals surface area (Å²) < 4.78 is 0.0736. The molecule has 0 amide bonds. The second-order valence-corrected chi connectivity index (χ2v) is 6.76. The SMILES string of the molecule is Cc1nc([N+]2(c3ccccc3)N=NN=C2c2ccccc2)sc1C.[Br-]. The summed E-state index contributed by atoms with van der Waals surface area (Å²) in [6, 6.07) is 20.1. The van der Waals surface area contributed by atoms with Crippen molar-refractivity contribution in [3.05, 3.63) is 76.8 Å². The van der Waals surface area contributed by atoms with Crippen LogP contribution in [0.25, 0.3) is 0 Å². The summed E-state index contributed by atoms with van der Waals surface area (Å²) in [5.74, 6) is 0.760. The fourth-order valence-corrected chi connectivity index (χ4v) is 3.72. The van der Waals surface area contributed by atoms with Crippen LogP contribution in [0.2, 0.25) is 0 Å². The van der Waals surface area contributed by atoms with Gasteiger partial charge in [0.05, 0.1) is 16.5 Å². The number of aryl methyl sites for hydroxylation is 2. The first-order valence-electron chi connectivity index (χ1n) is 7.67. The second-order valence-electron chi connectivity index (χ2n) is 5.58. The van der Waals surface area contributed by atoms with Gasteiger partial charge in [-0.1, -0.05) is 52.8 Å². The summed E-state index contributed by atoms with van der Waals surface area (Å²) in [5, 5.41) is 13.8. The van der Waals surface area contributed by atoms with Gasteiger partial charge in [0.25, 0.3) is 5.84 Å². The quantitative estimate of drug-likeness (QED) is 0.606. The van der Waals surface area contributed by atoms with Gasteiger partial charge in [-0.15, -0.1) is 0 Å². The van der Waals surface area contributed by atoms with Crippen LogP contribution in [0.5, 0.6) is 0 Å². The molecular weight excluding hydrogens is 398 g/mol. The smallest absolute Gasteiger partial charge is 0.327 e. The summed E-state index contributed by atoms with van der Waals surface area (Å²) in [6.07, 6.45) is 0. The number of benzene rings is 2.